The first kappa shape index (κ1) is 32.8. The van der Waals surface area contributed by atoms with Gasteiger partial charge in [-0.05, 0) is 69.6 Å². The van der Waals surface area contributed by atoms with Crippen molar-refractivity contribution in [2.75, 3.05) is 74.9 Å². The average Bonchev–Trinajstić information content (AvgIpc) is 3.83. The van der Waals surface area contributed by atoms with Crippen molar-refractivity contribution < 1.29 is 9.59 Å². The number of aliphatic imine (C=N–C) groups is 2. The number of benzene rings is 1. The van der Waals surface area contributed by atoms with Crippen LogP contribution in [0.3, 0.4) is 0 Å². The van der Waals surface area contributed by atoms with E-state index in [1.54, 1.807) is 35.0 Å². The highest BCUT2D eigenvalue weighted by atomic mass is 16.2. The quantitative estimate of drug-likeness (QED) is 0.232. The summed E-state index contributed by atoms with van der Waals surface area (Å²) in [5, 5.41) is 13.1. The molecule has 1 aromatic carbocycles. The zero-order chi connectivity index (χ0) is 34.0. The summed E-state index contributed by atoms with van der Waals surface area (Å²) in [6.45, 7) is 8.87. The first-order valence-corrected chi connectivity index (χ1v) is 16.4. The summed E-state index contributed by atoms with van der Waals surface area (Å²) < 4.78 is 1.79. The first-order chi connectivity index (χ1) is 23.1. The molecule has 1 spiro atoms. The number of rotatable bonds is 9. The van der Waals surface area contributed by atoms with Gasteiger partial charge in [-0.2, -0.15) is 5.10 Å². The third kappa shape index (κ3) is 6.52. The summed E-state index contributed by atoms with van der Waals surface area (Å²) >= 11 is 0. The van der Waals surface area contributed by atoms with E-state index in [4.69, 9.17) is 21.9 Å². The number of carbonyl (C=O) groups excluding carboxylic acids is 2. The monoisotopic (exact) mass is 652 g/mol. The molecule has 3 aliphatic rings. The Bertz CT molecular complexity index is 1740. The number of hydrogen-bond donors (Lipinski definition) is 3. The van der Waals surface area contributed by atoms with Gasteiger partial charge in [-0.25, -0.2) is 9.98 Å². The molecule has 3 aromatic rings. The molecule has 0 bridgehead atoms. The highest BCUT2D eigenvalue weighted by Gasteiger charge is 2.51. The molecule has 0 aliphatic carbocycles. The fraction of sp³-hybridized carbons (Fsp3) is 0.441. The van der Waals surface area contributed by atoms with Crippen molar-refractivity contribution in [2.24, 2.45) is 21.1 Å². The predicted molar refractivity (Wildman–Crippen MR) is 188 cm³/mol. The minimum Gasteiger partial charge on any atom is -0.397 e. The Kier molecular flexibility index (Phi) is 9.27. The van der Waals surface area contributed by atoms with Gasteiger partial charge in [0.25, 0.3) is 0 Å². The molecule has 6 rings (SSSR count). The van der Waals surface area contributed by atoms with E-state index in [0.717, 1.165) is 24.3 Å². The highest BCUT2D eigenvalue weighted by molar-refractivity contribution is 6.12. The fourth-order valence-corrected chi connectivity index (χ4v) is 6.75. The Balaban J connectivity index is 1.03. The molecule has 0 radical (unpaired) electrons. The maximum Gasteiger partial charge on any atom is 0.236 e. The van der Waals surface area contributed by atoms with E-state index in [9.17, 15) is 9.59 Å². The van der Waals surface area contributed by atoms with Gasteiger partial charge in [-0.1, -0.05) is 0 Å². The Hall–Kier alpha value is -5.11. The predicted octanol–water partition coefficient (Wildman–Crippen LogP) is 2.00. The van der Waals surface area contributed by atoms with Crippen molar-refractivity contribution in [1.29, 1.82) is 5.41 Å². The smallest absolute Gasteiger partial charge is 0.236 e. The van der Waals surface area contributed by atoms with Crippen LogP contribution in [0, 0.1) is 10.8 Å². The van der Waals surface area contributed by atoms with Crippen LogP contribution >= 0.6 is 0 Å². The number of carbonyl (C=O) groups is 2. The van der Waals surface area contributed by atoms with Crippen molar-refractivity contribution in [2.45, 2.75) is 32.7 Å². The standard InChI is InChI=1S/C34H44N12O2/c1-23(2)46-19-25(18-40-46)30(36)31-27(35)8-9-28(41-31)45-13-11-34(33(45)48)10-12-42(21-34)20-29(47)44-16-14-43(15-17-44)26-6-4-24(5-7-26)32(37)39-22-38-3/h4-9,18-19,22-23,36H,10-17,20-21,35H2,1-3H3,(H2,37,38,39)/t34-/m0/s1. The number of likely N-dealkylation sites (tertiary alicyclic amines) is 1. The second kappa shape index (κ2) is 13.6. The van der Waals surface area contributed by atoms with Crippen molar-refractivity contribution in [3.63, 3.8) is 0 Å². The highest BCUT2D eigenvalue weighted by Crippen LogP contribution is 2.42. The third-order valence-corrected chi connectivity index (χ3v) is 9.62. The molecule has 5 N–H and O–H groups in total. The zero-order valence-corrected chi connectivity index (χ0v) is 27.8. The number of aromatic nitrogens is 3. The summed E-state index contributed by atoms with van der Waals surface area (Å²) in [5.41, 5.74) is 15.1. The van der Waals surface area contributed by atoms with Gasteiger partial charge in [0.1, 0.15) is 23.7 Å². The van der Waals surface area contributed by atoms with Crippen molar-refractivity contribution >= 4 is 46.9 Å². The molecule has 3 fully saturated rings. The van der Waals surface area contributed by atoms with Gasteiger partial charge in [-0.3, -0.25) is 34.5 Å². The second-order valence-corrected chi connectivity index (χ2v) is 13.0. The summed E-state index contributed by atoms with van der Waals surface area (Å²) in [7, 11) is 1.65. The summed E-state index contributed by atoms with van der Waals surface area (Å²) in [5.74, 6) is 1.02. The SMILES string of the molecule is CN=CN=C(N)c1ccc(N2CCN(C(=O)CN3CC[C@]4(CCN(c5ccc(N)c(C(=N)c6cnn(C(C)C)c6)n5)C4=O)C3)CC2)cc1. The van der Waals surface area contributed by atoms with E-state index < -0.39 is 5.41 Å². The zero-order valence-electron chi connectivity index (χ0n) is 27.8. The number of piperazine rings is 1. The van der Waals surface area contributed by atoms with Crippen LogP contribution in [0.15, 0.2) is 58.8 Å². The van der Waals surface area contributed by atoms with Crippen LogP contribution in [-0.4, -0.2) is 114 Å². The molecule has 14 nitrogen and oxygen atoms in total. The topological polar surface area (TPSA) is 178 Å². The number of amidine groups is 1. The number of amides is 2. The minimum absolute atomic E-state index is 0.0194. The summed E-state index contributed by atoms with van der Waals surface area (Å²) in [6.07, 6.45) is 6.26. The molecule has 2 amide bonds. The number of hydrogen-bond acceptors (Lipinski definition) is 9. The van der Waals surface area contributed by atoms with Crippen molar-refractivity contribution in [1.82, 2.24) is 24.6 Å². The lowest BCUT2D eigenvalue weighted by atomic mass is 9.85. The van der Waals surface area contributed by atoms with Crippen LogP contribution in [0.4, 0.5) is 17.2 Å². The molecule has 2 aromatic heterocycles. The number of pyridine rings is 1. The summed E-state index contributed by atoms with van der Waals surface area (Å²) in [6, 6.07) is 11.6. The molecule has 3 aliphatic heterocycles. The lowest BCUT2D eigenvalue weighted by molar-refractivity contribution is -0.133. The van der Waals surface area contributed by atoms with E-state index in [1.165, 1.54) is 6.34 Å². The Morgan fingerprint density at radius 3 is 2.46 bits per heavy atom. The van der Waals surface area contributed by atoms with E-state index in [0.29, 0.717) is 80.7 Å². The molecule has 48 heavy (non-hydrogen) atoms. The maximum absolute atomic E-state index is 13.9. The van der Waals surface area contributed by atoms with E-state index in [2.05, 4.69) is 24.9 Å². The van der Waals surface area contributed by atoms with Gasteiger partial charge in [0.15, 0.2) is 0 Å². The number of anilines is 3. The van der Waals surface area contributed by atoms with Gasteiger partial charge in [0.2, 0.25) is 11.8 Å². The third-order valence-electron chi connectivity index (χ3n) is 9.62. The molecule has 14 heteroatoms. The second-order valence-electron chi connectivity index (χ2n) is 13.0. The first-order valence-electron chi connectivity index (χ1n) is 16.4. The molecular weight excluding hydrogens is 608 g/mol. The number of nitrogen functional groups attached to an aromatic ring is 1. The molecule has 0 saturated carbocycles. The van der Waals surface area contributed by atoms with Crippen LogP contribution in [0.25, 0.3) is 0 Å². The van der Waals surface area contributed by atoms with Gasteiger partial charge < -0.3 is 21.3 Å². The van der Waals surface area contributed by atoms with Gasteiger partial charge >= 0.3 is 0 Å². The minimum atomic E-state index is -0.544. The van der Waals surface area contributed by atoms with E-state index in [-0.39, 0.29) is 23.6 Å². The Labute approximate surface area is 280 Å². The number of nitrogens with two attached hydrogens (primary N) is 2. The molecular formula is C34H44N12O2. The molecule has 5 heterocycles. The van der Waals surface area contributed by atoms with Gasteiger partial charge in [0, 0.05) is 75.4 Å². The van der Waals surface area contributed by atoms with Crippen LogP contribution in [0.2, 0.25) is 0 Å². The Morgan fingerprint density at radius 2 is 1.77 bits per heavy atom. The maximum atomic E-state index is 13.9. The van der Waals surface area contributed by atoms with Gasteiger partial charge in [0.05, 0.1) is 29.6 Å². The van der Waals surface area contributed by atoms with E-state index >= 15 is 0 Å². The van der Waals surface area contributed by atoms with E-state index in [1.807, 2.05) is 49.2 Å². The van der Waals surface area contributed by atoms with Crippen LogP contribution < -0.4 is 21.3 Å². The molecule has 0 unspecified atom stereocenters. The number of nitrogens with zero attached hydrogens (tertiary/aromatic N) is 9. The largest absolute Gasteiger partial charge is 0.397 e. The molecule has 252 valence electrons. The van der Waals surface area contributed by atoms with Crippen LogP contribution in [-0.2, 0) is 9.59 Å². The average molecular weight is 653 g/mol. The summed E-state index contributed by atoms with van der Waals surface area (Å²) in [4.78, 5) is 47.9. The molecule has 3 saturated heterocycles. The molecule has 1 atom stereocenters. The van der Waals surface area contributed by atoms with Crippen molar-refractivity contribution in [3.05, 3.63) is 65.6 Å². The lowest BCUT2D eigenvalue weighted by Gasteiger charge is -2.37. The normalized spacial score (nSPS) is 20.6. The fourth-order valence-electron chi connectivity index (χ4n) is 6.75. The van der Waals surface area contributed by atoms with Crippen LogP contribution in [0.1, 0.15) is 49.6 Å². The van der Waals surface area contributed by atoms with Crippen LogP contribution in [0.5, 0.6) is 0 Å². The Morgan fingerprint density at radius 1 is 1.04 bits per heavy atom. The number of nitrogens with one attached hydrogen (secondary N) is 1. The lowest BCUT2D eigenvalue weighted by Crippen LogP contribution is -2.51. The van der Waals surface area contributed by atoms with Crippen molar-refractivity contribution in [3.8, 4) is 0 Å². The van der Waals surface area contributed by atoms with Gasteiger partial charge in [-0.15, -0.1) is 0 Å².